The normalized spacial score (nSPS) is 13.7. The molecule has 1 aliphatic carbocycles. The van der Waals surface area contributed by atoms with Crippen molar-refractivity contribution in [3.05, 3.63) is 198 Å². The van der Waals surface area contributed by atoms with Crippen molar-refractivity contribution in [3.8, 4) is 28.3 Å². The molecule has 10 aromatic rings. The van der Waals surface area contributed by atoms with Gasteiger partial charge in [-0.2, -0.15) is 0 Å². The summed E-state index contributed by atoms with van der Waals surface area (Å²) in [6, 6.07) is 64.1. The smallest absolute Gasteiger partial charge is 0.235 e. The highest BCUT2D eigenvalue weighted by Gasteiger charge is 2.50. The van der Waals surface area contributed by atoms with E-state index in [1.807, 2.05) is 11.8 Å². The predicted octanol–water partition coefficient (Wildman–Crippen LogP) is 12.4. The molecule has 2 aromatic heterocycles. The summed E-state index contributed by atoms with van der Waals surface area (Å²) in [5.74, 6) is 0.672. The van der Waals surface area contributed by atoms with Gasteiger partial charge in [-0.25, -0.2) is 9.97 Å². The Morgan fingerprint density at radius 1 is 0.453 bits per heavy atom. The van der Waals surface area contributed by atoms with E-state index in [-0.39, 0.29) is 0 Å². The third-order valence-corrected chi connectivity index (χ3v) is 12.6. The molecule has 1 aliphatic heterocycles. The second kappa shape index (κ2) is 10.8. The zero-order chi connectivity index (χ0) is 34.7. The van der Waals surface area contributed by atoms with E-state index in [4.69, 9.17) is 9.97 Å². The fraction of sp³-hybridized carbons (Fsp3) is 0.0204. The molecule has 0 atom stereocenters. The van der Waals surface area contributed by atoms with Crippen molar-refractivity contribution in [1.82, 2.24) is 14.5 Å². The number of nitrogens with zero attached hydrogens (tertiary/aromatic N) is 3. The summed E-state index contributed by atoms with van der Waals surface area (Å²) in [6.07, 6.45) is 0. The van der Waals surface area contributed by atoms with Crippen LogP contribution in [-0.2, 0) is 5.41 Å². The van der Waals surface area contributed by atoms with Crippen LogP contribution in [0.3, 0.4) is 0 Å². The summed E-state index contributed by atoms with van der Waals surface area (Å²) >= 11 is 1.87. The lowest BCUT2D eigenvalue weighted by atomic mass is 9.67. The first-order valence-electron chi connectivity index (χ1n) is 18.1. The highest BCUT2D eigenvalue weighted by molar-refractivity contribution is 7.99. The summed E-state index contributed by atoms with van der Waals surface area (Å²) in [4.78, 5) is 13.3. The van der Waals surface area contributed by atoms with Gasteiger partial charge in [0.1, 0.15) is 0 Å². The maximum Gasteiger partial charge on any atom is 0.235 e. The Labute approximate surface area is 310 Å². The summed E-state index contributed by atoms with van der Waals surface area (Å²) in [7, 11) is 0. The second-order valence-corrected chi connectivity index (χ2v) is 15.2. The molecule has 0 unspecified atom stereocenters. The van der Waals surface area contributed by atoms with Gasteiger partial charge in [0.05, 0.1) is 27.7 Å². The Bertz CT molecular complexity index is 3110. The molecule has 8 aromatic carbocycles. The molecule has 0 saturated carbocycles. The first-order chi connectivity index (χ1) is 26.3. The number of hydrogen-bond donors (Lipinski definition) is 0. The van der Waals surface area contributed by atoms with Gasteiger partial charge in [-0.05, 0) is 74.5 Å². The van der Waals surface area contributed by atoms with Crippen LogP contribution in [0.15, 0.2) is 186 Å². The van der Waals surface area contributed by atoms with Crippen molar-refractivity contribution in [2.75, 3.05) is 0 Å². The molecular formula is C49H29N3S. The van der Waals surface area contributed by atoms with E-state index >= 15 is 0 Å². The van der Waals surface area contributed by atoms with Crippen molar-refractivity contribution < 1.29 is 0 Å². The van der Waals surface area contributed by atoms with Gasteiger partial charge in [-0.15, -0.1) is 0 Å². The van der Waals surface area contributed by atoms with Gasteiger partial charge in [0.2, 0.25) is 5.95 Å². The van der Waals surface area contributed by atoms with E-state index in [0.29, 0.717) is 5.95 Å². The fourth-order valence-corrected chi connectivity index (χ4v) is 10.5. The molecule has 4 heteroatoms. The molecule has 0 N–H and O–H groups in total. The lowest BCUT2D eigenvalue weighted by molar-refractivity contribution is 0.724. The Morgan fingerprint density at radius 2 is 1.11 bits per heavy atom. The van der Waals surface area contributed by atoms with E-state index in [1.165, 1.54) is 64.7 Å². The van der Waals surface area contributed by atoms with Crippen molar-refractivity contribution in [3.63, 3.8) is 0 Å². The summed E-state index contributed by atoms with van der Waals surface area (Å²) in [5, 5.41) is 5.90. The number of fused-ring (bicyclic) bond motifs is 15. The topological polar surface area (TPSA) is 30.7 Å². The highest BCUT2D eigenvalue weighted by atomic mass is 32.2. The van der Waals surface area contributed by atoms with Gasteiger partial charge < -0.3 is 0 Å². The van der Waals surface area contributed by atoms with Crippen LogP contribution in [0, 0.1) is 0 Å². The minimum absolute atomic E-state index is 0.461. The molecule has 0 radical (unpaired) electrons. The second-order valence-electron chi connectivity index (χ2n) is 14.1. The van der Waals surface area contributed by atoms with Gasteiger partial charge in [-0.1, -0.05) is 157 Å². The average Bonchev–Trinajstić information content (AvgIpc) is 3.71. The van der Waals surface area contributed by atoms with Crippen LogP contribution in [0.1, 0.15) is 22.3 Å². The van der Waals surface area contributed by atoms with E-state index in [2.05, 4.69) is 180 Å². The lowest BCUT2D eigenvalue weighted by Gasteiger charge is -2.39. The summed E-state index contributed by atoms with van der Waals surface area (Å²) < 4.78 is 2.31. The van der Waals surface area contributed by atoms with Crippen LogP contribution >= 0.6 is 11.8 Å². The number of hydrogen-bond acceptors (Lipinski definition) is 3. The van der Waals surface area contributed by atoms with Crippen LogP contribution in [0.4, 0.5) is 0 Å². The molecule has 3 heterocycles. The van der Waals surface area contributed by atoms with Crippen molar-refractivity contribution in [2.45, 2.75) is 15.2 Å². The first-order valence-corrected chi connectivity index (χ1v) is 18.9. The molecule has 12 rings (SSSR count). The number of rotatable bonds is 2. The highest BCUT2D eigenvalue weighted by Crippen LogP contribution is 2.62. The van der Waals surface area contributed by atoms with Gasteiger partial charge in [0, 0.05) is 31.5 Å². The van der Waals surface area contributed by atoms with Gasteiger partial charge in [-0.3, -0.25) is 4.57 Å². The SMILES string of the molecule is c1ccc(-c2nc(-n3c4cc5c(cc4c4c6ccccc6ccc43)C3(c4ccccc4S5)c4ccccc4-c4ccccc43)nc3ccccc23)cc1. The maximum atomic E-state index is 5.42. The van der Waals surface area contributed by atoms with Crippen molar-refractivity contribution in [2.24, 2.45) is 0 Å². The van der Waals surface area contributed by atoms with Crippen LogP contribution in [-0.4, -0.2) is 14.5 Å². The third kappa shape index (κ3) is 3.85. The molecule has 0 amide bonds. The van der Waals surface area contributed by atoms with Crippen molar-refractivity contribution >= 4 is 55.2 Å². The Balaban J connectivity index is 1.25. The standard InChI is InChI=1S/C49H29N3S/c1-2-15-31(16-3-1)47-35-20-8-12-24-41(35)50-48(51-47)52-42-27-26-30-14-4-5-17-32(30)46(42)36-28-40-45(29-43(36)52)53-44-25-13-11-23-39(44)49(40)37-21-9-6-18-33(37)34-19-7-10-22-38(34)49/h1-29H. The van der Waals surface area contributed by atoms with Crippen LogP contribution < -0.4 is 0 Å². The van der Waals surface area contributed by atoms with E-state index in [1.54, 1.807) is 0 Å². The van der Waals surface area contributed by atoms with E-state index in [9.17, 15) is 0 Å². The molecule has 1 spiro atoms. The largest absolute Gasteiger partial charge is 0.278 e. The lowest BCUT2D eigenvalue weighted by Crippen LogP contribution is -2.32. The fourth-order valence-electron chi connectivity index (χ4n) is 9.33. The third-order valence-electron chi connectivity index (χ3n) is 11.5. The Morgan fingerprint density at radius 3 is 1.92 bits per heavy atom. The summed E-state index contributed by atoms with van der Waals surface area (Å²) in [6.45, 7) is 0. The molecule has 53 heavy (non-hydrogen) atoms. The first kappa shape index (κ1) is 29.1. The van der Waals surface area contributed by atoms with Gasteiger partial charge in [0.25, 0.3) is 0 Å². The molecule has 0 bridgehead atoms. The van der Waals surface area contributed by atoms with Crippen molar-refractivity contribution in [1.29, 1.82) is 0 Å². The molecule has 2 aliphatic rings. The minimum Gasteiger partial charge on any atom is -0.278 e. The minimum atomic E-state index is -0.461. The van der Waals surface area contributed by atoms with Crippen LogP contribution in [0.5, 0.6) is 0 Å². The number of aromatic nitrogens is 3. The predicted molar refractivity (Wildman–Crippen MR) is 218 cm³/mol. The number of para-hydroxylation sites is 1. The van der Waals surface area contributed by atoms with Crippen LogP contribution in [0.25, 0.3) is 71.8 Å². The van der Waals surface area contributed by atoms with E-state index < -0.39 is 5.41 Å². The van der Waals surface area contributed by atoms with E-state index in [0.717, 1.165) is 33.2 Å². The summed E-state index contributed by atoms with van der Waals surface area (Å²) in [5.41, 5.74) is 12.6. The Kier molecular flexibility index (Phi) is 5.92. The zero-order valence-electron chi connectivity index (χ0n) is 28.5. The van der Waals surface area contributed by atoms with Gasteiger partial charge >= 0.3 is 0 Å². The molecule has 0 fully saturated rings. The van der Waals surface area contributed by atoms with Crippen LogP contribution in [0.2, 0.25) is 0 Å². The molecule has 3 nitrogen and oxygen atoms in total. The quantitative estimate of drug-likeness (QED) is 0.181. The molecule has 246 valence electrons. The molecular weight excluding hydrogens is 663 g/mol. The van der Waals surface area contributed by atoms with Gasteiger partial charge in [0.15, 0.2) is 0 Å². The maximum absolute atomic E-state index is 5.42. The number of benzene rings is 8. The zero-order valence-corrected chi connectivity index (χ0v) is 29.3. The Hall–Kier alpha value is -6.49. The monoisotopic (exact) mass is 691 g/mol. The average molecular weight is 692 g/mol. The molecule has 0 saturated heterocycles.